The summed E-state index contributed by atoms with van der Waals surface area (Å²) in [6, 6.07) is 53.4. The second-order valence-electron chi connectivity index (χ2n) is 11.4. The van der Waals surface area contributed by atoms with Crippen LogP contribution in [-0.2, 0) is 0 Å². The first-order valence-corrected chi connectivity index (χ1v) is 15.5. The molecule has 3 aromatic heterocycles. The van der Waals surface area contributed by atoms with Crippen molar-refractivity contribution in [1.82, 2.24) is 9.13 Å². The van der Waals surface area contributed by atoms with E-state index in [2.05, 4.69) is 155 Å². The van der Waals surface area contributed by atoms with Crippen LogP contribution in [0.3, 0.4) is 0 Å². The van der Waals surface area contributed by atoms with Gasteiger partial charge in [-0.2, -0.15) is 0 Å². The Morgan fingerprint density at radius 2 is 1.09 bits per heavy atom. The number of thiophene rings is 1. The Labute approximate surface area is 251 Å². The van der Waals surface area contributed by atoms with Crippen LogP contribution in [0.15, 0.2) is 146 Å². The molecule has 0 aliphatic rings. The molecule has 3 heteroatoms. The fraction of sp³-hybridized carbons (Fsp3) is 0. The zero-order valence-corrected chi connectivity index (χ0v) is 24.0. The van der Waals surface area contributed by atoms with Gasteiger partial charge in [-0.15, -0.1) is 11.3 Å². The standard InChI is InChI=1S/C40H24N2S/c1-2-12-27(13-3-1)41-34-16-8-6-14-29(34)32-23-33-37(24-36(32)41)42(28-19-18-25-10-4-5-11-26(25)22-28)35-21-20-31-30-15-7-9-17-38(30)43-40(31)39(33)35/h1-24H. The van der Waals surface area contributed by atoms with Gasteiger partial charge in [0.2, 0.25) is 0 Å². The second kappa shape index (κ2) is 8.57. The molecule has 0 amide bonds. The number of hydrogen-bond donors (Lipinski definition) is 0. The number of nitrogens with zero attached hydrogens (tertiary/aromatic N) is 2. The predicted molar refractivity (Wildman–Crippen MR) is 186 cm³/mol. The van der Waals surface area contributed by atoms with Crippen molar-refractivity contribution in [3.63, 3.8) is 0 Å². The Morgan fingerprint density at radius 1 is 0.372 bits per heavy atom. The lowest BCUT2D eigenvalue weighted by molar-refractivity contribution is 1.17. The van der Waals surface area contributed by atoms with Gasteiger partial charge in [0.1, 0.15) is 0 Å². The summed E-state index contributed by atoms with van der Waals surface area (Å²) in [5.41, 5.74) is 7.27. The molecule has 2 nitrogen and oxygen atoms in total. The van der Waals surface area contributed by atoms with Gasteiger partial charge in [-0.25, -0.2) is 0 Å². The summed E-state index contributed by atoms with van der Waals surface area (Å²) in [4.78, 5) is 0. The molecule has 0 aliphatic heterocycles. The summed E-state index contributed by atoms with van der Waals surface area (Å²) in [7, 11) is 0. The molecule has 200 valence electrons. The lowest BCUT2D eigenvalue weighted by Crippen LogP contribution is -1.95. The zero-order chi connectivity index (χ0) is 28.1. The van der Waals surface area contributed by atoms with Crippen molar-refractivity contribution >= 4 is 85.9 Å². The molecule has 0 fully saturated rings. The average molecular weight is 565 g/mol. The first kappa shape index (κ1) is 23.2. The van der Waals surface area contributed by atoms with E-state index in [9.17, 15) is 0 Å². The fourth-order valence-corrected chi connectivity index (χ4v) is 8.45. The van der Waals surface area contributed by atoms with Gasteiger partial charge in [0.05, 0.1) is 22.1 Å². The Balaban J connectivity index is 1.43. The van der Waals surface area contributed by atoms with Crippen molar-refractivity contribution in [2.24, 2.45) is 0 Å². The van der Waals surface area contributed by atoms with Crippen molar-refractivity contribution in [1.29, 1.82) is 0 Å². The molecule has 0 aliphatic carbocycles. The molecular formula is C40H24N2S. The third-order valence-electron chi connectivity index (χ3n) is 9.07. The first-order chi connectivity index (χ1) is 21.3. The fourth-order valence-electron chi connectivity index (χ4n) is 7.19. The van der Waals surface area contributed by atoms with Gasteiger partial charge in [0.25, 0.3) is 0 Å². The lowest BCUT2D eigenvalue weighted by Gasteiger charge is -2.11. The molecule has 0 unspecified atom stereocenters. The normalized spacial score (nSPS) is 12.2. The largest absolute Gasteiger partial charge is 0.309 e. The second-order valence-corrected chi connectivity index (χ2v) is 12.4. The van der Waals surface area contributed by atoms with E-state index >= 15 is 0 Å². The maximum absolute atomic E-state index is 2.48. The van der Waals surface area contributed by atoms with Crippen LogP contribution in [0.5, 0.6) is 0 Å². The maximum Gasteiger partial charge on any atom is 0.0562 e. The van der Waals surface area contributed by atoms with Crippen LogP contribution in [0.2, 0.25) is 0 Å². The average Bonchev–Trinajstić information content (AvgIpc) is 3.71. The molecule has 3 heterocycles. The highest BCUT2D eigenvalue weighted by molar-refractivity contribution is 7.26. The van der Waals surface area contributed by atoms with E-state index in [1.807, 2.05) is 11.3 Å². The molecule has 0 atom stereocenters. The monoisotopic (exact) mass is 564 g/mol. The summed E-state index contributed by atoms with van der Waals surface area (Å²) >= 11 is 1.91. The highest BCUT2D eigenvalue weighted by Gasteiger charge is 2.21. The molecule has 0 saturated heterocycles. The summed E-state index contributed by atoms with van der Waals surface area (Å²) < 4.78 is 7.59. The van der Waals surface area contributed by atoms with Crippen LogP contribution in [-0.4, -0.2) is 9.13 Å². The van der Waals surface area contributed by atoms with E-state index in [1.54, 1.807) is 0 Å². The van der Waals surface area contributed by atoms with Gasteiger partial charge in [0, 0.05) is 53.1 Å². The smallest absolute Gasteiger partial charge is 0.0562 e. The molecule has 43 heavy (non-hydrogen) atoms. The Morgan fingerprint density at radius 3 is 2.00 bits per heavy atom. The minimum absolute atomic E-state index is 1.17. The van der Waals surface area contributed by atoms with Crippen molar-refractivity contribution in [2.75, 3.05) is 0 Å². The first-order valence-electron chi connectivity index (χ1n) is 14.7. The molecule has 0 N–H and O–H groups in total. The molecule has 0 saturated carbocycles. The number of rotatable bonds is 2. The van der Waals surface area contributed by atoms with Gasteiger partial charge in [-0.05, 0) is 65.4 Å². The summed E-state index contributed by atoms with van der Waals surface area (Å²) in [5, 5.41) is 10.4. The molecule has 0 bridgehead atoms. The van der Waals surface area contributed by atoms with E-state index < -0.39 is 0 Å². The van der Waals surface area contributed by atoms with E-state index in [1.165, 1.54) is 85.9 Å². The maximum atomic E-state index is 2.48. The van der Waals surface area contributed by atoms with E-state index in [4.69, 9.17) is 0 Å². The van der Waals surface area contributed by atoms with Crippen LogP contribution in [0.25, 0.3) is 85.9 Å². The minimum atomic E-state index is 1.17. The quantitative estimate of drug-likeness (QED) is 0.198. The molecular weight excluding hydrogens is 541 g/mol. The van der Waals surface area contributed by atoms with Crippen molar-refractivity contribution < 1.29 is 0 Å². The van der Waals surface area contributed by atoms with Crippen LogP contribution >= 0.6 is 11.3 Å². The van der Waals surface area contributed by atoms with Crippen LogP contribution in [0.1, 0.15) is 0 Å². The SMILES string of the molecule is c1ccc(-n2c3ccccc3c3cc4c5c6sc7ccccc7c6ccc5n(-c5ccc6ccccc6c5)c4cc32)cc1. The van der Waals surface area contributed by atoms with Crippen LogP contribution < -0.4 is 0 Å². The zero-order valence-electron chi connectivity index (χ0n) is 23.2. The van der Waals surface area contributed by atoms with Crippen molar-refractivity contribution in [3.05, 3.63) is 146 Å². The van der Waals surface area contributed by atoms with E-state index in [-0.39, 0.29) is 0 Å². The number of fused-ring (bicyclic) bond motifs is 11. The highest BCUT2D eigenvalue weighted by atomic mass is 32.1. The number of benzene rings is 7. The number of para-hydroxylation sites is 2. The molecule has 10 rings (SSSR count). The van der Waals surface area contributed by atoms with E-state index in [0.717, 1.165) is 0 Å². The van der Waals surface area contributed by atoms with Gasteiger partial charge in [-0.1, -0.05) is 91.0 Å². The number of aromatic nitrogens is 2. The lowest BCUT2D eigenvalue weighted by atomic mass is 10.1. The topological polar surface area (TPSA) is 9.86 Å². The molecule has 0 spiro atoms. The van der Waals surface area contributed by atoms with Gasteiger partial charge >= 0.3 is 0 Å². The molecule has 0 radical (unpaired) electrons. The minimum Gasteiger partial charge on any atom is -0.309 e. The van der Waals surface area contributed by atoms with E-state index in [0.29, 0.717) is 0 Å². The number of hydrogen-bond acceptors (Lipinski definition) is 1. The van der Waals surface area contributed by atoms with Crippen LogP contribution in [0.4, 0.5) is 0 Å². The Hall–Kier alpha value is -5.38. The third-order valence-corrected chi connectivity index (χ3v) is 10.3. The van der Waals surface area contributed by atoms with Gasteiger partial charge < -0.3 is 9.13 Å². The van der Waals surface area contributed by atoms with Crippen molar-refractivity contribution in [2.45, 2.75) is 0 Å². The Bertz CT molecular complexity index is 2720. The summed E-state index contributed by atoms with van der Waals surface area (Å²) in [5.74, 6) is 0. The predicted octanol–water partition coefficient (Wildman–Crippen LogP) is 11.4. The Kier molecular flexibility index (Phi) is 4.63. The highest BCUT2D eigenvalue weighted by Crippen LogP contribution is 2.45. The molecule has 10 aromatic rings. The van der Waals surface area contributed by atoms with Gasteiger partial charge in [0.15, 0.2) is 0 Å². The van der Waals surface area contributed by atoms with Crippen LogP contribution in [0, 0.1) is 0 Å². The van der Waals surface area contributed by atoms with Crippen molar-refractivity contribution in [3.8, 4) is 11.4 Å². The summed E-state index contributed by atoms with van der Waals surface area (Å²) in [6.07, 6.45) is 0. The van der Waals surface area contributed by atoms with Gasteiger partial charge in [-0.3, -0.25) is 0 Å². The molecule has 7 aromatic carbocycles. The third kappa shape index (κ3) is 3.17. The summed E-state index contributed by atoms with van der Waals surface area (Å²) in [6.45, 7) is 0.